The first-order valence-electron chi connectivity index (χ1n) is 5.88. The van der Waals surface area contributed by atoms with Crippen LogP contribution in [0.15, 0.2) is 30.3 Å². The average molecular weight is 242 g/mol. The maximum Gasteiger partial charge on any atom is 0.416 e. The van der Waals surface area contributed by atoms with Crippen LogP contribution in [0.1, 0.15) is 43.7 Å². The Morgan fingerprint density at radius 2 is 1.71 bits per heavy atom. The van der Waals surface area contributed by atoms with Crippen LogP contribution in [0.4, 0.5) is 13.2 Å². The second-order valence-electron chi connectivity index (χ2n) is 4.02. The van der Waals surface area contributed by atoms with E-state index in [1.807, 2.05) is 12.2 Å². The number of benzene rings is 1. The predicted molar refractivity (Wildman–Crippen MR) is 64.6 cm³/mol. The Kier molecular flexibility index (Phi) is 5.26. The smallest absolute Gasteiger partial charge is 0.166 e. The summed E-state index contributed by atoms with van der Waals surface area (Å²) in [5.74, 6) is 0. The molecule has 0 nitrogen and oxygen atoms in total. The number of halogens is 3. The van der Waals surface area contributed by atoms with Gasteiger partial charge in [0.15, 0.2) is 0 Å². The summed E-state index contributed by atoms with van der Waals surface area (Å²) in [6.45, 7) is 2.14. The summed E-state index contributed by atoms with van der Waals surface area (Å²) >= 11 is 0. The average Bonchev–Trinajstić information content (AvgIpc) is 2.28. The van der Waals surface area contributed by atoms with Crippen molar-refractivity contribution in [1.29, 1.82) is 0 Å². The summed E-state index contributed by atoms with van der Waals surface area (Å²) in [5, 5.41) is 0. The fourth-order valence-corrected chi connectivity index (χ4v) is 1.51. The van der Waals surface area contributed by atoms with Crippen molar-refractivity contribution in [1.82, 2.24) is 0 Å². The zero-order valence-electron chi connectivity index (χ0n) is 9.93. The molecule has 94 valence electrons. The van der Waals surface area contributed by atoms with E-state index in [0.717, 1.165) is 30.5 Å². The van der Waals surface area contributed by atoms with E-state index in [1.54, 1.807) is 0 Å². The number of hydrogen-bond acceptors (Lipinski definition) is 0. The normalized spacial score (nSPS) is 12.2. The van der Waals surface area contributed by atoms with Crippen LogP contribution < -0.4 is 0 Å². The molecule has 0 N–H and O–H groups in total. The van der Waals surface area contributed by atoms with Crippen LogP contribution in [0, 0.1) is 0 Å². The Bertz CT molecular complexity index is 347. The van der Waals surface area contributed by atoms with Crippen molar-refractivity contribution in [2.24, 2.45) is 0 Å². The number of rotatable bonds is 5. The van der Waals surface area contributed by atoms with E-state index in [4.69, 9.17) is 0 Å². The zero-order valence-corrected chi connectivity index (χ0v) is 9.93. The lowest BCUT2D eigenvalue weighted by atomic mass is 10.1. The van der Waals surface area contributed by atoms with Gasteiger partial charge in [-0.05, 0) is 30.5 Å². The Morgan fingerprint density at radius 3 is 2.24 bits per heavy atom. The van der Waals surface area contributed by atoms with Gasteiger partial charge in [0, 0.05) is 0 Å². The summed E-state index contributed by atoms with van der Waals surface area (Å²) in [6.07, 6.45) is 4.12. The van der Waals surface area contributed by atoms with Crippen molar-refractivity contribution in [3.8, 4) is 0 Å². The molecule has 0 radical (unpaired) electrons. The molecule has 0 unspecified atom stereocenters. The van der Waals surface area contributed by atoms with Crippen LogP contribution >= 0.6 is 0 Å². The van der Waals surface area contributed by atoms with E-state index >= 15 is 0 Å². The Hall–Kier alpha value is -1.25. The summed E-state index contributed by atoms with van der Waals surface area (Å²) in [4.78, 5) is 0. The lowest BCUT2D eigenvalue weighted by Crippen LogP contribution is -2.03. The number of unbranched alkanes of at least 4 members (excludes halogenated alkanes) is 3. The molecule has 0 aliphatic rings. The molecular formula is C14H17F3. The number of allylic oxidation sites excluding steroid dienone is 1. The molecule has 0 fully saturated rings. The van der Waals surface area contributed by atoms with Crippen molar-refractivity contribution in [3.63, 3.8) is 0 Å². The van der Waals surface area contributed by atoms with Gasteiger partial charge in [-0.2, -0.15) is 13.2 Å². The van der Waals surface area contributed by atoms with Gasteiger partial charge in [-0.1, -0.05) is 44.1 Å². The molecule has 0 aliphatic heterocycles. The molecule has 1 aromatic carbocycles. The van der Waals surface area contributed by atoms with Gasteiger partial charge < -0.3 is 0 Å². The van der Waals surface area contributed by atoms with Gasteiger partial charge >= 0.3 is 6.18 Å². The van der Waals surface area contributed by atoms with E-state index in [0.29, 0.717) is 0 Å². The maximum absolute atomic E-state index is 12.3. The third kappa shape index (κ3) is 5.07. The third-order valence-electron chi connectivity index (χ3n) is 2.52. The van der Waals surface area contributed by atoms with Crippen molar-refractivity contribution in [3.05, 3.63) is 41.5 Å². The first kappa shape index (κ1) is 13.8. The summed E-state index contributed by atoms with van der Waals surface area (Å²) in [6, 6.07) is 5.23. The van der Waals surface area contributed by atoms with Gasteiger partial charge in [0.1, 0.15) is 0 Å². The molecule has 0 spiro atoms. The first-order chi connectivity index (χ1) is 8.04. The molecule has 0 saturated heterocycles. The van der Waals surface area contributed by atoms with Crippen molar-refractivity contribution >= 4 is 6.08 Å². The molecule has 0 saturated carbocycles. The van der Waals surface area contributed by atoms with Gasteiger partial charge in [0.05, 0.1) is 5.56 Å². The van der Waals surface area contributed by atoms with E-state index in [2.05, 4.69) is 6.92 Å². The van der Waals surface area contributed by atoms with Gasteiger partial charge in [-0.3, -0.25) is 0 Å². The second-order valence-corrected chi connectivity index (χ2v) is 4.02. The standard InChI is InChI=1S/C14H17F3/c1-2-3-4-5-6-7-12-8-10-13(11-9-12)14(15,16)17/h6-11H,2-5H2,1H3/b7-6+. The molecule has 0 aromatic heterocycles. The number of alkyl halides is 3. The quantitative estimate of drug-likeness (QED) is 0.615. The van der Waals surface area contributed by atoms with Gasteiger partial charge in [0.2, 0.25) is 0 Å². The highest BCUT2D eigenvalue weighted by molar-refractivity contribution is 5.49. The Labute approximate surface area is 100 Å². The SMILES string of the molecule is CCCCC/C=C/c1ccc(C(F)(F)F)cc1. The Morgan fingerprint density at radius 1 is 1.06 bits per heavy atom. The second kappa shape index (κ2) is 6.48. The molecule has 1 aromatic rings. The van der Waals surface area contributed by atoms with E-state index in [1.165, 1.54) is 25.0 Å². The van der Waals surface area contributed by atoms with Crippen molar-refractivity contribution in [2.75, 3.05) is 0 Å². The molecule has 0 bridgehead atoms. The molecule has 1 rings (SSSR count). The lowest BCUT2D eigenvalue weighted by Gasteiger charge is -2.05. The maximum atomic E-state index is 12.3. The van der Waals surface area contributed by atoms with Crippen LogP contribution in [-0.4, -0.2) is 0 Å². The monoisotopic (exact) mass is 242 g/mol. The van der Waals surface area contributed by atoms with Crippen LogP contribution in [0.3, 0.4) is 0 Å². The Balaban J connectivity index is 2.51. The first-order valence-corrected chi connectivity index (χ1v) is 5.88. The fraction of sp³-hybridized carbons (Fsp3) is 0.429. The predicted octanol–water partition coefficient (Wildman–Crippen LogP) is 5.30. The lowest BCUT2D eigenvalue weighted by molar-refractivity contribution is -0.137. The topological polar surface area (TPSA) is 0 Å². The van der Waals surface area contributed by atoms with Crippen LogP contribution in [0.25, 0.3) is 6.08 Å². The van der Waals surface area contributed by atoms with Crippen molar-refractivity contribution < 1.29 is 13.2 Å². The molecule has 3 heteroatoms. The summed E-state index contributed by atoms with van der Waals surface area (Å²) in [5.41, 5.74) is 0.218. The van der Waals surface area contributed by atoms with Gasteiger partial charge in [-0.25, -0.2) is 0 Å². The minimum absolute atomic E-state index is 0.597. The summed E-state index contributed by atoms with van der Waals surface area (Å²) < 4.78 is 36.9. The third-order valence-corrected chi connectivity index (χ3v) is 2.52. The highest BCUT2D eigenvalue weighted by Gasteiger charge is 2.29. The van der Waals surface area contributed by atoms with E-state index in [-0.39, 0.29) is 0 Å². The molecule has 0 aliphatic carbocycles. The molecule has 17 heavy (non-hydrogen) atoms. The highest BCUT2D eigenvalue weighted by atomic mass is 19.4. The van der Waals surface area contributed by atoms with Crippen LogP contribution in [-0.2, 0) is 6.18 Å². The van der Waals surface area contributed by atoms with E-state index in [9.17, 15) is 13.2 Å². The van der Waals surface area contributed by atoms with Crippen LogP contribution in [0.5, 0.6) is 0 Å². The van der Waals surface area contributed by atoms with E-state index < -0.39 is 11.7 Å². The molecular weight excluding hydrogens is 225 g/mol. The summed E-state index contributed by atoms with van der Waals surface area (Å²) in [7, 11) is 0. The van der Waals surface area contributed by atoms with Gasteiger partial charge in [0.25, 0.3) is 0 Å². The molecule has 0 heterocycles. The highest BCUT2D eigenvalue weighted by Crippen LogP contribution is 2.29. The largest absolute Gasteiger partial charge is 0.416 e. The molecule has 0 amide bonds. The zero-order chi connectivity index (χ0) is 12.7. The van der Waals surface area contributed by atoms with Gasteiger partial charge in [-0.15, -0.1) is 0 Å². The molecule has 0 atom stereocenters. The minimum atomic E-state index is -4.25. The fourth-order valence-electron chi connectivity index (χ4n) is 1.51. The van der Waals surface area contributed by atoms with Crippen molar-refractivity contribution in [2.45, 2.75) is 38.8 Å². The number of hydrogen-bond donors (Lipinski definition) is 0. The van der Waals surface area contributed by atoms with Crippen LogP contribution in [0.2, 0.25) is 0 Å². The minimum Gasteiger partial charge on any atom is -0.166 e.